The van der Waals surface area contributed by atoms with Crippen molar-refractivity contribution >= 4 is 19.7 Å². The third-order valence-electron chi connectivity index (χ3n) is 16.7. The molecule has 0 radical (unpaired) electrons. The van der Waals surface area contributed by atoms with Crippen LogP contribution in [0, 0.1) is 0 Å². The summed E-state index contributed by atoms with van der Waals surface area (Å²) in [5.74, 6) is -0.539. The van der Waals surface area contributed by atoms with Gasteiger partial charge in [0.05, 0.1) is 33.8 Å². The Labute approximate surface area is 558 Å². The fourth-order valence-electron chi connectivity index (χ4n) is 10.9. The van der Waals surface area contributed by atoms with Crippen LogP contribution in [0.25, 0.3) is 0 Å². The summed E-state index contributed by atoms with van der Waals surface area (Å²) in [6.07, 6.45) is 93.9. The van der Waals surface area contributed by atoms with Crippen molar-refractivity contribution in [1.82, 2.24) is 5.32 Å². The van der Waals surface area contributed by atoms with Crippen molar-refractivity contribution in [3.05, 3.63) is 97.2 Å². The summed E-state index contributed by atoms with van der Waals surface area (Å²) < 4.78 is 30.5. The van der Waals surface area contributed by atoms with Gasteiger partial charge in [-0.2, -0.15) is 0 Å². The fraction of sp³-hybridized carbons (Fsp3) is 0.775. The highest BCUT2D eigenvalue weighted by molar-refractivity contribution is 7.45. The average molecular weight is 1280 g/mol. The summed E-state index contributed by atoms with van der Waals surface area (Å²) in [7, 11) is 1.18. The van der Waals surface area contributed by atoms with E-state index in [0.29, 0.717) is 17.4 Å². The Morgan fingerprint density at radius 2 is 0.678 bits per heavy atom. The van der Waals surface area contributed by atoms with Crippen molar-refractivity contribution in [2.45, 2.75) is 360 Å². The molecule has 0 fully saturated rings. The molecular weight excluding hydrogens is 1130 g/mol. The van der Waals surface area contributed by atoms with Crippen LogP contribution in [0.15, 0.2) is 97.2 Å². The van der Waals surface area contributed by atoms with Crippen LogP contribution in [0.4, 0.5) is 0 Å². The zero-order chi connectivity index (χ0) is 65.6. The van der Waals surface area contributed by atoms with Crippen LogP contribution < -0.4 is 10.2 Å². The van der Waals surface area contributed by atoms with Crippen LogP contribution in [-0.4, -0.2) is 69.4 Å². The summed E-state index contributed by atoms with van der Waals surface area (Å²) in [6.45, 7) is 6.82. The number of phosphoric ester groups is 1. The maximum atomic E-state index is 13.6. The highest BCUT2D eigenvalue weighted by atomic mass is 31.2. The van der Waals surface area contributed by atoms with Gasteiger partial charge in [0.15, 0.2) is 0 Å². The van der Waals surface area contributed by atoms with Gasteiger partial charge in [-0.25, -0.2) is 0 Å². The first-order chi connectivity index (χ1) is 43.9. The SMILES string of the molecule is CCCCC/C=C\C/C=C\C/C=C\C/C=C\CCCCCCCCCCCCCC(=O)OC(/C=C/CCCCCCCCCCCC)C(COP(=O)([O-])OCC[N+](C)(C)C)NC(=O)CCCCCCCCCCCCCC/C=C\C/C=C\C/C=C\CCCCC. The quantitative estimate of drug-likeness (QED) is 0.0212. The molecule has 3 unspecified atom stereocenters. The second kappa shape index (κ2) is 68.8. The van der Waals surface area contributed by atoms with E-state index in [9.17, 15) is 19.0 Å². The minimum absolute atomic E-state index is 0.0259. The lowest BCUT2D eigenvalue weighted by Crippen LogP contribution is -2.47. The molecule has 0 saturated heterocycles. The molecule has 0 aromatic rings. The van der Waals surface area contributed by atoms with E-state index in [2.05, 4.69) is 111 Å². The minimum atomic E-state index is -4.71. The van der Waals surface area contributed by atoms with Gasteiger partial charge in [0.25, 0.3) is 7.82 Å². The number of esters is 1. The second-order valence-electron chi connectivity index (χ2n) is 26.8. The molecule has 522 valence electrons. The Bertz CT molecular complexity index is 1860. The predicted molar refractivity (Wildman–Crippen MR) is 390 cm³/mol. The van der Waals surface area contributed by atoms with Gasteiger partial charge in [-0.3, -0.25) is 14.2 Å². The zero-order valence-electron chi connectivity index (χ0n) is 59.8. The number of nitrogens with zero attached hydrogens (tertiary/aromatic N) is 1. The number of nitrogens with one attached hydrogen (secondary N) is 1. The van der Waals surface area contributed by atoms with Gasteiger partial charge in [0, 0.05) is 12.8 Å². The summed E-state index contributed by atoms with van der Waals surface area (Å²) in [5.41, 5.74) is 0. The van der Waals surface area contributed by atoms with Crippen LogP contribution in [0.1, 0.15) is 348 Å². The maximum Gasteiger partial charge on any atom is 0.306 e. The monoisotopic (exact) mass is 1280 g/mol. The number of allylic oxidation sites excluding steroid dienone is 15. The van der Waals surface area contributed by atoms with Gasteiger partial charge >= 0.3 is 5.97 Å². The largest absolute Gasteiger partial charge is 0.756 e. The molecule has 0 aliphatic heterocycles. The molecule has 0 heterocycles. The lowest BCUT2D eigenvalue weighted by atomic mass is 10.0. The maximum absolute atomic E-state index is 13.6. The zero-order valence-corrected chi connectivity index (χ0v) is 60.7. The molecule has 0 aromatic carbocycles. The third-order valence-corrected chi connectivity index (χ3v) is 17.7. The van der Waals surface area contributed by atoms with Crippen LogP contribution in [0.5, 0.6) is 0 Å². The van der Waals surface area contributed by atoms with Gasteiger partial charge in [0.1, 0.15) is 19.3 Å². The summed E-state index contributed by atoms with van der Waals surface area (Å²) in [6, 6.07) is -0.897. The van der Waals surface area contributed by atoms with E-state index in [4.69, 9.17) is 13.8 Å². The summed E-state index contributed by atoms with van der Waals surface area (Å²) in [4.78, 5) is 40.3. The molecule has 9 nitrogen and oxygen atoms in total. The fourth-order valence-corrected chi connectivity index (χ4v) is 11.6. The molecule has 0 spiro atoms. The van der Waals surface area contributed by atoms with Crippen molar-refractivity contribution in [2.24, 2.45) is 0 Å². The van der Waals surface area contributed by atoms with Gasteiger partial charge in [-0.05, 0) is 115 Å². The molecule has 0 aliphatic rings. The van der Waals surface area contributed by atoms with Crippen molar-refractivity contribution in [3.63, 3.8) is 0 Å². The van der Waals surface area contributed by atoms with E-state index in [0.717, 1.165) is 89.9 Å². The first-order valence-corrected chi connectivity index (χ1v) is 39.5. The lowest BCUT2D eigenvalue weighted by Gasteiger charge is -2.30. The molecule has 3 atom stereocenters. The van der Waals surface area contributed by atoms with E-state index in [1.165, 1.54) is 225 Å². The number of carbonyl (C=O) groups is 2. The lowest BCUT2D eigenvalue weighted by molar-refractivity contribution is -0.870. The van der Waals surface area contributed by atoms with Gasteiger partial charge in [0.2, 0.25) is 5.91 Å². The summed E-state index contributed by atoms with van der Waals surface area (Å²) in [5, 5.41) is 3.05. The van der Waals surface area contributed by atoms with Crippen LogP contribution in [0.2, 0.25) is 0 Å². The molecule has 1 amide bonds. The standard InChI is InChI=1S/C80H145N2O7P/c1-7-10-13-16-19-22-25-28-30-32-34-36-38-40-41-43-45-47-49-51-53-55-58-61-64-67-70-73-80(84)89-78(71-68-65-62-59-56-27-24-21-18-15-12-9-3)77(76-88-90(85,86)87-75-74-82(4,5)6)81-79(83)72-69-66-63-60-57-54-52-50-48-46-44-42-39-37-35-33-31-29-26-23-20-17-14-11-8-2/h19-20,22-23,28-31,34-37,40-41,68,71,77-78H,7-18,21,24-27,32-33,38-39,42-67,69-70,72-76H2,1-6H3,(H-,81,83,85,86)/b22-19-,23-20-,30-28-,31-29-,36-34-,37-35-,41-40-,71-68+. The normalized spacial score (nSPS) is 14.0. The topological polar surface area (TPSA) is 114 Å². The van der Waals surface area contributed by atoms with Crippen molar-refractivity contribution in [3.8, 4) is 0 Å². The number of amides is 1. The van der Waals surface area contributed by atoms with Crippen molar-refractivity contribution in [1.29, 1.82) is 0 Å². The average Bonchev–Trinajstić information content (AvgIpc) is 3.12. The Morgan fingerprint density at radius 1 is 0.389 bits per heavy atom. The molecule has 0 saturated carbocycles. The van der Waals surface area contributed by atoms with E-state index >= 15 is 0 Å². The predicted octanol–water partition coefficient (Wildman–Crippen LogP) is 24.0. The number of ether oxygens (including phenoxy) is 1. The molecule has 90 heavy (non-hydrogen) atoms. The molecule has 0 bridgehead atoms. The van der Waals surface area contributed by atoms with Crippen LogP contribution in [-0.2, 0) is 27.9 Å². The van der Waals surface area contributed by atoms with E-state index < -0.39 is 26.6 Å². The number of phosphoric acid groups is 1. The van der Waals surface area contributed by atoms with Gasteiger partial charge < -0.3 is 28.5 Å². The van der Waals surface area contributed by atoms with Gasteiger partial charge in [-0.15, -0.1) is 0 Å². The first kappa shape index (κ1) is 86.9. The Hall–Kier alpha value is -3.07. The minimum Gasteiger partial charge on any atom is -0.756 e. The number of likely N-dealkylation sites (N-methyl/N-ethyl adjacent to an activating group) is 1. The highest BCUT2D eigenvalue weighted by Gasteiger charge is 2.27. The number of unbranched alkanes of at least 4 members (excludes halogenated alkanes) is 39. The van der Waals surface area contributed by atoms with Crippen molar-refractivity contribution < 1.29 is 37.3 Å². The van der Waals surface area contributed by atoms with Crippen LogP contribution in [0.3, 0.4) is 0 Å². The molecule has 0 aliphatic carbocycles. The van der Waals surface area contributed by atoms with E-state index in [-0.39, 0.29) is 24.9 Å². The molecule has 0 rings (SSSR count). The number of rotatable bonds is 69. The Balaban J connectivity index is 5.00. The first-order valence-electron chi connectivity index (χ1n) is 38.0. The molecular formula is C80H145N2O7P. The van der Waals surface area contributed by atoms with Gasteiger partial charge in [-0.1, -0.05) is 317 Å². The van der Waals surface area contributed by atoms with E-state index in [1.54, 1.807) is 0 Å². The third kappa shape index (κ3) is 69.3. The molecule has 10 heteroatoms. The number of carbonyl (C=O) groups excluding carboxylic acids is 2. The smallest absolute Gasteiger partial charge is 0.306 e. The van der Waals surface area contributed by atoms with Crippen LogP contribution >= 0.6 is 7.82 Å². The molecule has 0 aromatic heterocycles. The summed E-state index contributed by atoms with van der Waals surface area (Å²) >= 11 is 0. The Morgan fingerprint density at radius 3 is 1.03 bits per heavy atom. The number of hydrogen-bond donors (Lipinski definition) is 1. The van der Waals surface area contributed by atoms with E-state index in [1.807, 2.05) is 33.3 Å². The Kier molecular flexibility index (Phi) is 66.4. The second-order valence-corrected chi connectivity index (χ2v) is 28.2. The molecule has 1 N–H and O–H groups in total. The number of quaternary nitrogens is 1. The number of hydrogen-bond acceptors (Lipinski definition) is 7. The van der Waals surface area contributed by atoms with Crippen molar-refractivity contribution in [2.75, 3.05) is 40.9 Å². The highest BCUT2D eigenvalue weighted by Crippen LogP contribution is 2.38.